The molecule has 0 spiro atoms. The SMILES string of the molecule is CN(C)c1cccc(NC(=O)C(C)(C)N2CCNCC2)c1. The summed E-state index contributed by atoms with van der Waals surface area (Å²) in [5.41, 5.74) is 1.41. The van der Waals surface area contributed by atoms with Gasteiger partial charge in [-0.3, -0.25) is 9.69 Å². The molecule has 2 N–H and O–H groups in total. The van der Waals surface area contributed by atoms with Crippen molar-refractivity contribution in [1.29, 1.82) is 0 Å². The largest absolute Gasteiger partial charge is 0.378 e. The maximum atomic E-state index is 12.6. The van der Waals surface area contributed by atoms with Gasteiger partial charge in [0, 0.05) is 51.6 Å². The van der Waals surface area contributed by atoms with Crippen molar-refractivity contribution in [2.75, 3.05) is 50.5 Å². The summed E-state index contributed by atoms with van der Waals surface area (Å²) in [6.07, 6.45) is 0. The van der Waals surface area contributed by atoms with E-state index in [0.29, 0.717) is 0 Å². The van der Waals surface area contributed by atoms with Crippen molar-refractivity contribution in [3.05, 3.63) is 24.3 Å². The van der Waals surface area contributed by atoms with Crippen molar-refractivity contribution in [1.82, 2.24) is 10.2 Å². The molecular formula is C16H26N4O. The molecule has 1 amide bonds. The Morgan fingerprint density at radius 1 is 1.29 bits per heavy atom. The molecule has 0 saturated carbocycles. The highest BCUT2D eigenvalue weighted by atomic mass is 16.2. The van der Waals surface area contributed by atoms with E-state index in [1.54, 1.807) is 0 Å². The number of carbonyl (C=O) groups excluding carboxylic acids is 1. The molecule has 1 fully saturated rings. The number of carbonyl (C=O) groups is 1. The Morgan fingerprint density at radius 3 is 2.57 bits per heavy atom. The van der Waals surface area contributed by atoms with Gasteiger partial charge in [0.2, 0.25) is 5.91 Å². The van der Waals surface area contributed by atoms with Crippen LogP contribution in [-0.4, -0.2) is 56.6 Å². The number of piperazine rings is 1. The van der Waals surface area contributed by atoms with Gasteiger partial charge in [-0.1, -0.05) is 6.07 Å². The van der Waals surface area contributed by atoms with E-state index in [0.717, 1.165) is 37.6 Å². The summed E-state index contributed by atoms with van der Waals surface area (Å²) in [6, 6.07) is 7.91. The highest BCUT2D eigenvalue weighted by Gasteiger charge is 2.35. The molecule has 5 heteroatoms. The molecule has 1 aliphatic rings. The number of hydrogen-bond donors (Lipinski definition) is 2. The van der Waals surface area contributed by atoms with E-state index in [1.165, 1.54) is 0 Å². The fourth-order valence-corrected chi connectivity index (χ4v) is 2.51. The van der Waals surface area contributed by atoms with Crippen LogP contribution in [0, 0.1) is 0 Å². The molecule has 0 aliphatic carbocycles. The van der Waals surface area contributed by atoms with Crippen LogP contribution >= 0.6 is 0 Å². The van der Waals surface area contributed by atoms with Gasteiger partial charge in [-0.15, -0.1) is 0 Å². The topological polar surface area (TPSA) is 47.6 Å². The zero-order chi connectivity index (χ0) is 15.5. The standard InChI is InChI=1S/C16H26N4O/c1-16(2,20-10-8-17-9-11-20)15(21)18-13-6-5-7-14(12-13)19(3)4/h5-7,12,17H,8-11H2,1-4H3,(H,18,21). The van der Waals surface area contributed by atoms with Crippen LogP contribution in [0.15, 0.2) is 24.3 Å². The normalized spacial score (nSPS) is 16.6. The minimum absolute atomic E-state index is 0.0420. The molecule has 1 aliphatic heterocycles. The van der Waals surface area contributed by atoms with Gasteiger partial charge in [0.05, 0.1) is 5.54 Å². The second-order valence-electron chi connectivity index (χ2n) is 6.19. The molecule has 2 rings (SSSR count). The predicted octanol–water partition coefficient (Wildman–Crippen LogP) is 1.37. The van der Waals surface area contributed by atoms with Crippen molar-refractivity contribution in [2.24, 2.45) is 0 Å². The smallest absolute Gasteiger partial charge is 0.244 e. The lowest BCUT2D eigenvalue weighted by Gasteiger charge is -2.39. The highest BCUT2D eigenvalue weighted by molar-refractivity contribution is 5.97. The summed E-state index contributed by atoms with van der Waals surface area (Å²) >= 11 is 0. The minimum Gasteiger partial charge on any atom is -0.378 e. The first-order valence-electron chi connectivity index (χ1n) is 7.46. The second-order valence-corrected chi connectivity index (χ2v) is 6.19. The molecule has 1 aromatic carbocycles. The molecular weight excluding hydrogens is 264 g/mol. The van der Waals surface area contributed by atoms with E-state index in [4.69, 9.17) is 0 Å². The van der Waals surface area contributed by atoms with E-state index in [9.17, 15) is 4.79 Å². The van der Waals surface area contributed by atoms with Crippen molar-refractivity contribution in [2.45, 2.75) is 19.4 Å². The lowest BCUT2D eigenvalue weighted by molar-refractivity contribution is -0.126. The average Bonchev–Trinajstić information content (AvgIpc) is 2.48. The van der Waals surface area contributed by atoms with E-state index < -0.39 is 5.54 Å². The Kier molecular flexibility index (Phi) is 4.85. The highest BCUT2D eigenvalue weighted by Crippen LogP contribution is 2.21. The van der Waals surface area contributed by atoms with Crippen LogP contribution in [-0.2, 0) is 4.79 Å². The first kappa shape index (κ1) is 15.8. The van der Waals surface area contributed by atoms with Gasteiger partial charge < -0.3 is 15.5 Å². The minimum atomic E-state index is -0.504. The van der Waals surface area contributed by atoms with Crippen LogP contribution in [0.25, 0.3) is 0 Å². The van der Waals surface area contributed by atoms with Gasteiger partial charge >= 0.3 is 0 Å². The van der Waals surface area contributed by atoms with Gasteiger partial charge in [0.15, 0.2) is 0 Å². The number of amides is 1. The molecule has 21 heavy (non-hydrogen) atoms. The van der Waals surface area contributed by atoms with Crippen LogP contribution in [0.3, 0.4) is 0 Å². The van der Waals surface area contributed by atoms with E-state index in [-0.39, 0.29) is 5.91 Å². The molecule has 1 heterocycles. The van der Waals surface area contributed by atoms with Gasteiger partial charge in [-0.2, -0.15) is 0 Å². The van der Waals surface area contributed by atoms with Gasteiger partial charge in [-0.05, 0) is 32.0 Å². The van der Waals surface area contributed by atoms with Gasteiger partial charge in [0.1, 0.15) is 0 Å². The Hall–Kier alpha value is -1.59. The summed E-state index contributed by atoms with van der Waals surface area (Å²) in [4.78, 5) is 16.9. The molecule has 0 unspecified atom stereocenters. The number of anilines is 2. The maximum Gasteiger partial charge on any atom is 0.244 e. The Balaban J connectivity index is 2.07. The summed E-state index contributed by atoms with van der Waals surface area (Å²) in [7, 11) is 3.98. The van der Waals surface area contributed by atoms with Gasteiger partial charge in [-0.25, -0.2) is 0 Å². The van der Waals surface area contributed by atoms with Crippen molar-refractivity contribution >= 4 is 17.3 Å². The third-order valence-corrected chi connectivity index (χ3v) is 4.08. The predicted molar refractivity (Wildman–Crippen MR) is 87.9 cm³/mol. The van der Waals surface area contributed by atoms with Gasteiger partial charge in [0.25, 0.3) is 0 Å². The molecule has 0 aromatic heterocycles. The monoisotopic (exact) mass is 290 g/mol. The Morgan fingerprint density at radius 2 is 1.95 bits per heavy atom. The van der Waals surface area contributed by atoms with E-state index in [2.05, 4.69) is 15.5 Å². The maximum absolute atomic E-state index is 12.6. The fraction of sp³-hybridized carbons (Fsp3) is 0.562. The first-order valence-corrected chi connectivity index (χ1v) is 7.46. The zero-order valence-corrected chi connectivity index (χ0v) is 13.4. The summed E-state index contributed by atoms with van der Waals surface area (Å²) in [5.74, 6) is 0.0420. The molecule has 5 nitrogen and oxygen atoms in total. The number of nitrogens with one attached hydrogen (secondary N) is 2. The van der Waals surface area contributed by atoms with E-state index >= 15 is 0 Å². The number of rotatable bonds is 4. The Bertz CT molecular complexity index is 493. The number of hydrogen-bond acceptors (Lipinski definition) is 4. The molecule has 1 saturated heterocycles. The van der Waals surface area contributed by atoms with Crippen molar-refractivity contribution in [3.63, 3.8) is 0 Å². The summed E-state index contributed by atoms with van der Waals surface area (Å²) < 4.78 is 0. The molecule has 1 aromatic rings. The quantitative estimate of drug-likeness (QED) is 0.879. The lowest BCUT2D eigenvalue weighted by atomic mass is 10.00. The van der Waals surface area contributed by atoms with Crippen molar-refractivity contribution < 1.29 is 4.79 Å². The number of benzene rings is 1. The van der Waals surface area contributed by atoms with Crippen LogP contribution in [0.5, 0.6) is 0 Å². The summed E-state index contributed by atoms with van der Waals surface area (Å²) in [5, 5.41) is 6.36. The third-order valence-electron chi connectivity index (χ3n) is 4.08. The lowest BCUT2D eigenvalue weighted by Crippen LogP contribution is -2.58. The molecule has 0 radical (unpaired) electrons. The molecule has 116 valence electrons. The fourth-order valence-electron chi connectivity index (χ4n) is 2.51. The second kappa shape index (κ2) is 6.45. The molecule has 0 bridgehead atoms. The summed E-state index contributed by atoms with van der Waals surface area (Å²) in [6.45, 7) is 7.66. The average molecular weight is 290 g/mol. The van der Waals surface area contributed by atoms with Crippen molar-refractivity contribution in [3.8, 4) is 0 Å². The van der Waals surface area contributed by atoms with Crippen LogP contribution in [0.4, 0.5) is 11.4 Å². The molecule has 0 atom stereocenters. The van der Waals surface area contributed by atoms with Crippen LogP contribution < -0.4 is 15.5 Å². The van der Waals surface area contributed by atoms with Crippen LogP contribution in [0.1, 0.15) is 13.8 Å². The van der Waals surface area contributed by atoms with Crippen LogP contribution in [0.2, 0.25) is 0 Å². The first-order chi connectivity index (χ1) is 9.91. The Labute approximate surface area is 127 Å². The zero-order valence-electron chi connectivity index (χ0n) is 13.4. The number of nitrogens with zero attached hydrogens (tertiary/aromatic N) is 2. The third kappa shape index (κ3) is 3.74. The van der Waals surface area contributed by atoms with E-state index in [1.807, 2.05) is 57.1 Å².